The van der Waals surface area contributed by atoms with Crippen molar-refractivity contribution in [3.05, 3.63) is 24.3 Å². The van der Waals surface area contributed by atoms with E-state index in [4.69, 9.17) is 0 Å². The number of hydrogen-bond donors (Lipinski definition) is 0. The predicted octanol–water partition coefficient (Wildman–Crippen LogP) is 2.55. The number of hydrogen-bond acceptors (Lipinski definition) is 0. The quantitative estimate of drug-likeness (QED) is 0.374. The first-order valence-electron chi connectivity index (χ1n) is 1.61. The second kappa shape index (κ2) is 2.49. The zero-order chi connectivity index (χ0) is 6.73. The SMILES string of the molecule is C=C(F)C(F)=C(F)F. The highest BCUT2D eigenvalue weighted by Crippen LogP contribution is 2.16. The largest absolute Gasteiger partial charge is 0.308 e. The van der Waals surface area contributed by atoms with Gasteiger partial charge in [-0.05, 0) is 0 Å². The second-order valence-electron chi connectivity index (χ2n) is 0.979. The number of rotatable bonds is 1. The highest BCUT2D eigenvalue weighted by Gasteiger charge is 2.07. The van der Waals surface area contributed by atoms with Crippen molar-refractivity contribution < 1.29 is 17.6 Å². The van der Waals surface area contributed by atoms with E-state index >= 15 is 0 Å². The molecule has 0 rings (SSSR count). The third kappa shape index (κ3) is 1.77. The van der Waals surface area contributed by atoms with Crippen LogP contribution in [0.2, 0.25) is 0 Å². The summed E-state index contributed by atoms with van der Waals surface area (Å²) in [6, 6.07) is 0. The zero-order valence-corrected chi connectivity index (χ0v) is 3.72. The molecule has 0 aromatic rings. The Morgan fingerprint density at radius 1 is 1.00 bits per heavy atom. The van der Waals surface area contributed by atoms with E-state index in [0.717, 1.165) is 0 Å². The first-order valence-corrected chi connectivity index (χ1v) is 1.61. The van der Waals surface area contributed by atoms with Crippen molar-refractivity contribution >= 4 is 0 Å². The van der Waals surface area contributed by atoms with Gasteiger partial charge < -0.3 is 0 Å². The van der Waals surface area contributed by atoms with Crippen molar-refractivity contribution in [1.29, 1.82) is 0 Å². The minimum absolute atomic E-state index is 1.75. The molecule has 0 amide bonds. The van der Waals surface area contributed by atoms with E-state index in [2.05, 4.69) is 6.58 Å². The van der Waals surface area contributed by atoms with Crippen molar-refractivity contribution in [2.45, 2.75) is 0 Å². The van der Waals surface area contributed by atoms with E-state index in [1.807, 2.05) is 0 Å². The normalized spacial score (nSPS) is 8.50. The second-order valence-corrected chi connectivity index (χ2v) is 0.979. The Hall–Kier alpha value is -0.800. The summed E-state index contributed by atoms with van der Waals surface area (Å²) in [5.74, 6) is -3.92. The van der Waals surface area contributed by atoms with Gasteiger partial charge >= 0.3 is 6.08 Å². The molecule has 0 aliphatic carbocycles. The van der Waals surface area contributed by atoms with Crippen LogP contribution >= 0.6 is 0 Å². The van der Waals surface area contributed by atoms with E-state index in [9.17, 15) is 17.6 Å². The smallest absolute Gasteiger partial charge is 0.204 e. The van der Waals surface area contributed by atoms with Gasteiger partial charge in [0.25, 0.3) is 0 Å². The van der Waals surface area contributed by atoms with E-state index in [0.29, 0.717) is 0 Å². The van der Waals surface area contributed by atoms with Gasteiger partial charge in [0.15, 0.2) is 5.83 Å². The maximum Gasteiger partial charge on any atom is 0.308 e. The van der Waals surface area contributed by atoms with Crippen LogP contribution in [0.15, 0.2) is 24.3 Å². The van der Waals surface area contributed by atoms with Crippen LogP contribution in [0.3, 0.4) is 0 Å². The fourth-order valence-corrected chi connectivity index (χ4v) is 0.103. The molecule has 0 fully saturated rings. The summed E-state index contributed by atoms with van der Waals surface area (Å²) in [7, 11) is 0. The van der Waals surface area contributed by atoms with Crippen LogP contribution in [0, 0.1) is 0 Å². The minimum Gasteiger partial charge on any atom is -0.204 e. The van der Waals surface area contributed by atoms with E-state index in [-0.39, 0.29) is 0 Å². The van der Waals surface area contributed by atoms with Gasteiger partial charge in [0, 0.05) is 0 Å². The fourth-order valence-electron chi connectivity index (χ4n) is 0.103. The minimum atomic E-state index is -2.68. The zero-order valence-electron chi connectivity index (χ0n) is 3.72. The molecule has 0 bridgehead atoms. The molecule has 0 aliphatic rings. The Morgan fingerprint density at radius 2 is 1.38 bits per heavy atom. The van der Waals surface area contributed by atoms with Crippen molar-refractivity contribution in [3.8, 4) is 0 Å². The molecule has 0 aromatic carbocycles. The summed E-state index contributed by atoms with van der Waals surface area (Å²) in [5.41, 5.74) is 0. The summed E-state index contributed by atoms with van der Waals surface area (Å²) in [6.07, 6.45) is -2.68. The maximum atomic E-state index is 11.3. The number of allylic oxidation sites excluding steroid dienone is 2. The lowest BCUT2D eigenvalue weighted by atomic mass is 10.5. The van der Waals surface area contributed by atoms with Crippen LogP contribution < -0.4 is 0 Å². The monoisotopic (exact) mass is 126 g/mol. The molecule has 4 heteroatoms. The first-order chi connectivity index (χ1) is 3.55. The van der Waals surface area contributed by atoms with Crippen LogP contribution in [0.1, 0.15) is 0 Å². The Bertz CT molecular complexity index is 131. The van der Waals surface area contributed by atoms with Crippen molar-refractivity contribution in [2.24, 2.45) is 0 Å². The number of halogens is 4. The molecule has 0 aromatic heterocycles. The van der Waals surface area contributed by atoms with Gasteiger partial charge in [-0.3, -0.25) is 0 Å². The lowest BCUT2D eigenvalue weighted by molar-refractivity contribution is 0.372. The van der Waals surface area contributed by atoms with Crippen LogP contribution in [-0.4, -0.2) is 0 Å². The molecule has 46 valence electrons. The summed E-state index contributed by atoms with van der Waals surface area (Å²) >= 11 is 0. The topological polar surface area (TPSA) is 0 Å². The average Bonchev–Trinajstić information content (AvgIpc) is 1.64. The van der Waals surface area contributed by atoms with Gasteiger partial charge in [0.2, 0.25) is 5.83 Å². The molecule has 0 nitrogen and oxygen atoms in total. The Balaban J connectivity index is 4.23. The Morgan fingerprint density at radius 3 is 1.38 bits per heavy atom. The van der Waals surface area contributed by atoms with Crippen LogP contribution in [0.5, 0.6) is 0 Å². The van der Waals surface area contributed by atoms with Gasteiger partial charge in [-0.2, -0.15) is 13.2 Å². The van der Waals surface area contributed by atoms with Crippen molar-refractivity contribution in [3.63, 3.8) is 0 Å². The van der Waals surface area contributed by atoms with Gasteiger partial charge in [-0.25, -0.2) is 4.39 Å². The van der Waals surface area contributed by atoms with E-state index in [1.165, 1.54) is 0 Å². The Labute approximate surface area is 43.1 Å². The lowest BCUT2D eigenvalue weighted by Crippen LogP contribution is -1.72. The van der Waals surface area contributed by atoms with Crippen molar-refractivity contribution in [2.75, 3.05) is 0 Å². The highest BCUT2D eigenvalue weighted by molar-refractivity contribution is 5.14. The standard InChI is InChI=1S/C4H2F4/c1-2(5)3(6)4(7)8/h1H2. The van der Waals surface area contributed by atoms with Crippen molar-refractivity contribution in [1.82, 2.24) is 0 Å². The average molecular weight is 126 g/mol. The van der Waals surface area contributed by atoms with Crippen LogP contribution in [0.4, 0.5) is 17.6 Å². The molecular formula is C4H2F4. The lowest BCUT2D eigenvalue weighted by Gasteiger charge is -1.83. The molecule has 0 N–H and O–H groups in total. The van der Waals surface area contributed by atoms with Gasteiger partial charge in [-0.1, -0.05) is 6.58 Å². The fraction of sp³-hybridized carbons (Fsp3) is 0. The third-order valence-electron chi connectivity index (χ3n) is 0.404. The van der Waals surface area contributed by atoms with Gasteiger partial charge in [0.1, 0.15) is 0 Å². The molecule has 0 atom stereocenters. The van der Waals surface area contributed by atoms with Gasteiger partial charge in [0.05, 0.1) is 0 Å². The predicted molar refractivity (Wildman–Crippen MR) is 20.6 cm³/mol. The maximum absolute atomic E-state index is 11.3. The van der Waals surface area contributed by atoms with E-state index < -0.39 is 17.7 Å². The third-order valence-corrected chi connectivity index (χ3v) is 0.404. The molecule has 0 saturated heterocycles. The summed E-state index contributed by atoms with van der Waals surface area (Å²) in [5, 5.41) is 0. The molecular weight excluding hydrogens is 124 g/mol. The summed E-state index contributed by atoms with van der Waals surface area (Å²) < 4.78 is 44.3. The molecule has 0 spiro atoms. The molecule has 0 radical (unpaired) electrons. The molecule has 0 saturated carbocycles. The van der Waals surface area contributed by atoms with Crippen LogP contribution in [-0.2, 0) is 0 Å². The summed E-state index contributed by atoms with van der Waals surface area (Å²) in [6.45, 7) is 2.30. The highest BCUT2D eigenvalue weighted by atomic mass is 19.3. The molecule has 0 unspecified atom stereocenters. The first kappa shape index (κ1) is 7.20. The molecule has 0 aliphatic heterocycles. The Kier molecular flexibility index (Phi) is 2.24. The van der Waals surface area contributed by atoms with E-state index in [1.54, 1.807) is 0 Å². The summed E-state index contributed by atoms with van der Waals surface area (Å²) in [4.78, 5) is 0. The molecule has 0 heterocycles. The van der Waals surface area contributed by atoms with Crippen LogP contribution in [0.25, 0.3) is 0 Å². The van der Waals surface area contributed by atoms with Gasteiger partial charge in [-0.15, -0.1) is 0 Å². The molecule has 8 heavy (non-hydrogen) atoms.